The van der Waals surface area contributed by atoms with E-state index in [0.717, 1.165) is 44.3 Å². The summed E-state index contributed by atoms with van der Waals surface area (Å²) in [7, 11) is 2.03. The van der Waals surface area contributed by atoms with Crippen molar-refractivity contribution in [3.8, 4) is 0 Å². The van der Waals surface area contributed by atoms with Crippen molar-refractivity contribution in [3.05, 3.63) is 102 Å². The van der Waals surface area contributed by atoms with E-state index in [1.807, 2.05) is 64.2 Å². The number of para-hydroxylation sites is 1. The maximum atomic E-state index is 12.6. The number of anilines is 1. The van der Waals surface area contributed by atoms with Crippen molar-refractivity contribution in [2.45, 2.75) is 46.5 Å². The van der Waals surface area contributed by atoms with Crippen molar-refractivity contribution >= 4 is 11.5 Å². The molecular formula is C30H40N2O. The Kier molecular flexibility index (Phi) is 11.4. The highest BCUT2D eigenvalue weighted by atomic mass is 16.1. The Balaban J connectivity index is 0.00000187. The fourth-order valence-corrected chi connectivity index (χ4v) is 4.07. The summed E-state index contributed by atoms with van der Waals surface area (Å²) >= 11 is 0. The molecule has 33 heavy (non-hydrogen) atoms. The lowest BCUT2D eigenvalue weighted by Crippen LogP contribution is -2.31. The number of Topliss-reactive ketones (excluding diaryl/α,β-unsaturated/α-hetero) is 1. The first-order valence-corrected chi connectivity index (χ1v) is 12.2. The number of likely N-dealkylation sites (N-methyl/N-ethyl adjacent to an activating group) is 1. The van der Waals surface area contributed by atoms with E-state index in [0.29, 0.717) is 6.54 Å². The SMILES string of the molecule is C=C/C=C\C=C1/CCCc2ccccc2N1CCCN(C)CC(=O)c1ccc(C)cc1.CC. The first-order valence-electron chi connectivity index (χ1n) is 12.2. The smallest absolute Gasteiger partial charge is 0.176 e. The van der Waals surface area contributed by atoms with Crippen molar-refractivity contribution in [2.24, 2.45) is 0 Å². The van der Waals surface area contributed by atoms with Crippen LogP contribution in [-0.2, 0) is 6.42 Å². The van der Waals surface area contributed by atoms with E-state index in [2.05, 4.69) is 52.8 Å². The zero-order valence-electron chi connectivity index (χ0n) is 20.9. The lowest BCUT2D eigenvalue weighted by atomic mass is 10.1. The molecular weight excluding hydrogens is 404 g/mol. The van der Waals surface area contributed by atoms with E-state index < -0.39 is 0 Å². The Labute approximate surface area is 201 Å². The van der Waals surface area contributed by atoms with Gasteiger partial charge in [0.15, 0.2) is 5.78 Å². The normalized spacial score (nSPS) is 14.6. The Morgan fingerprint density at radius 1 is 1.06 bits per heavy atom. The van der Waals surface area contributed by atoms with Crippen molar-refractivity contribution in [3.63, 3.8) is 0 Å². The molecule has 1 aliphatic rings. The van der Waals surface area contributed by atoms with E-state index >= 15 is 0 Å². The molecule has 0 bridgehead atoms. The molecule has 0 unspecified atom stereocenters. The van der Waals surface area contributed by atoms with Gasteiger partial charge in [-0.05, 0) is 57.4 Å². The molecule has 0 spiro atoms. The number of hydrogen-bond donors (Lipinski definition) is 0. The van der Waals surface area contributed by atoms with Crippen LogP contribution in [0.3, 0.4) is 0 Å². The second kappa shape index (κ2) is 14.3. The third-order valence-electron chi connectivity index (χ3n) is 5.75. The highest BCUT2D eigenvalue weighted by Crippen LogP contribution is 2.31. The van der Waals surface area contributed by atoms with E-state index in [4.69, 9.17) is 0 Å². The first kappa shape index (κ1) is 26.3. The summed E-state index contributed by atoms with van der Waals surface area (Å²) in [5, 5.41) is 0. The maximum Gasteiger partial charge on any atom is 0.176 e. The molecule has 0 fully saturated rings. The molecule has 0 aliphatic carbocycles. The summed E-state index contributed by atoms with van der Waals surface area (Å²) in [6.45, 7) is 12.1. The third-order valence-corrected chi connectivity index (χ3v) is 5.75. The zero-order chi connectivity index (χ0) is 24.1. The Hall–Kier alpha value is -2.91. The van der Waals surface area contributed by atoms with Crippen LogP contribution in [0.4, 0.5) is 5.69 Å². The summed E-state index contributed by atoms with van der Waals surface area (Å²) in [6, 6.07) is 16.6. The molecule has 176 valence electrons. The summed E-state index contributed by atoms with van der Waals surface area (Å²) in [6.07, 6.45) is 12.4. The topological polar surface area (TPSA) is 23.6 Å². The summed E-state index contributed by atoms with van der Waals surface area (Å²) < 4.78 is 0. The van der Waals surface area contributed by atoms with Crippen LogP contribution in [0.25, 0.3) is 0 Å². The van der Waals surface area contributed by atoms with Crippen LogP contribution in [-0.4, -0.2) is 37.4 Å². The molecule has 3 rings (SSSR count). The van der Waals surface area contributed by atoms with Gasteiger partial charge in [-0.15, -0.1) is 0 Å². The van der Waals surface area contributed by atoms with Crippen molar-refractivity contribution in [1.29, 1.82) is 0 Å². The minimum absolute atomic E-state index is 0.178. The van der Waals surface area contributed by atoms with Gasteiger partial charge in [-0.1, -0.05) is 86.7 Å². The van der Waals surface area contributed by atoms with Crippen molar-refractivity contribution < 1.29 is 4.79 Å². The van der Waals surface area contributed by atoms with Gasteiger partial charge in [-0.3, -0.25) is 9.69 Å². The van der Waals surface area contributed by atoms with Crippen LogP contribution in [0.2, 0.25) is 0 Å². The maximum absolute atomic E-state index is 12.6. The standard InChI is InChI=1S/C28H34N2O.C2H6/c1-4-5-6-13-26-14-9-12-24-11-7-8-15-27(24)30(26)21-10-20-29(3)22-28(31)25-18-16-23(2)17-19-25;1-2/h4-8,11,13,15-19H,1,9-10,12,14,20-22H2,2-3H3;1-2H3/b6-5-,26-13+;. The fraction of sp³-hybridized carbons (Fsp3) is 0.367. The number of rotatable bonds is 9. The van der Waals surface area contributed by atoms with Crippen LogP contribution < -0.4 is 4.90 Å². The lowest BCUT2D eigenvalue weighted by molar-refractivity contribution is 0.0946. The molecule has 2 aromatic rings. The molecule has 3 nitrogen and oxygen atoms in total. The molecule has 1 aliphatic heterocycles. The quantitative estimate of drug-likeness (QED) is 0.307. The molecule has 0 N–H and O–H groups in total. The minimum atomic E-state index is 0.178. The van der Waals surface area contributed by atoms with Crippen LogP contribution in [0, 0.1) is 6.92 Å². The predicted octanol–water partition coefficient (Wildman–Crippen LogP) is 6.99. The number of benzene rings is 2. The van der Waals surface area contributed by atoms with Crippen LogP contribution in [0.1, 0.15) is 54.6 Å². The predicted molar refractivity (Wildman–Crippen MR) is 143 cm³/mol. The minimum Gasteiger partial charge on any atom is -0.345 e. The van der Waals surface area contributed by atoms with Crippen LogP contribution in [0.5, 0.6) is 0 Å². The van der Waals surface area contributed by atoms with E-state index in [1.165, 1.54) is 22.5 Å². The number of aryl methyl sites for hydroxylation is 2. The largest absolute Gasteiger partial charge is 0.345 e. The van der Waals surface area contributed by atoms with Crippen LogP contribution >= 0.6 is 0 Å². The Morgan fingerprint density at radius 2 is 1.79 bits per heavy atom. The number of nitrogens with zero attached hydrogens (tertiary/aromatic N) is 2. The zero-order valence-corrected chi connectivity index (χ0v) is 20.9. The molecule has 0 saturated carbocycles. The van der Waals surface area contributed by atoms with Crippen molar-refractivity contribution in [2.75, 3.05) is 31.6 Å². The number of fused-ring (bicyclic) bond motifs is 1. The molecule has 3 heteroatoms. The molecule has 2 aromatic carbocycles. The fourth-order valence-electron chi connectivity index (χ4n) is 4.07. The summed E-state index contributed by atoms with van der Waals surface area (Å²) in [5.74, 6) is 0.178. The second-order valence-electron chi connectivity index (χ2n) is 8.29. The van der Waals surface area contributed by atoms with Gasteiger partial charge in [0.1, 0.15) is 0 Å². The van der Waals surface area contributed by atoms with Crippen molar-refractivity contribution in [1.82, 2.24) is 4.90 Å². The summed E-state index contributed by atoms with van der Waals surface area (Å²) in [4.78, 5) is 17.2. The van der Waals surface area contributed by atoms with E-state index in [-0.39, 0.29) is 5.78 Å². The number of allylic oxidation sites excluding steroid dienone is 5. The number of carbonyl (C=O) groups is 1. The average molecular weight is 445 g/mol. The van der Waals surface area contributed by atoms with Gasteiger partial charge < -0.3 is 4.90 Å². The number of ketones is 1. The number of hydrogen-bond acceptors (Lipinski definition) is 3. The van der Waals surface area contributed by atoms with Gasteiger partial charge >= 0.3 is 0 Å². The summed E-state index contributed by atoms with van der Waals surface area (Å²) in [5.41, 5.74) is 6.05. The molecule has 0 radical (unpaired) electrons. The third kappa shape index (κ3) is 8.18. The first-order chi connectivity index (χ1) is 16.1. The molecule has 1 heterocycles. The highest BCUT2D eigenvalue weighted by molar-refractivity contribution is 5.97. The Bertz CT molecular complexity index is 940. The molecule has 0 amide bonds. The average Bonchev–Trinajstić information content (AvgIpc) is 3.00. The molecule has 0 aromatic heterocycles. The highest BCUT2D eigenvalue weighted by Gasteiger charge is 2.19. The van der Waals surface area contributed by atoms with Gasteiger partial charge in [0.2, 0.25) is 0 Å². The van der Waals surface area contributed by atoms with Gasteiger partial charge in [0.25, 0.3) is 0 Å². The molecule has 0 saturated heterocycles. The van der Waals surface area contributed by atoms with Gasteiger partial charge in [0.05, 0.1) is 6.54 Å². The van der Waals surface area contributed by atoms with Gasteiger partial charge in [-0.2, -0.15) is 0 Å². The van der Waals surface area contributed by atoms with Crippen LogP contribution in [0.15, 0.2) is 85.1 Å². The monoisotopic (exact) mass is 444 g/mol. The van der Waals surface area contributed by atoms with Gasteiger partial charge in [0, 0.05) is 30.0 Å². The number of carbonyl (C=O) groups excluding carboxylic acids is 1. The second-order valence-corrected chi connectivity index (χ2v) is 8.29. The Morgan fingerprint density at radius 3 is 2.52 bits per heavy atom. The van der Waals surface area contributed by atoms with Gasteiger partial charge in [-0.25, -0.2) is 0 Å². The van der Waals surface area contributed by atoms with E-state index in [9.17, 15) is 4.79 Å². The van der Waals surface area contributed by atoms with E-state index in [1.54, 1.807) is 0 Å². The lowest BCUT2D eigenvalue weighted by Gasteiger charge is -2.28. The molecule has 0 atom stereocenters.